The minimum absolute atomic E-state index is 0.239. The lowest BCUT2D eigenvalue weighted by Gasteiger charge is -2.32. The first-order chi connectivity index (χ1) is 9.95. The van der Waals surface area contributed by atoms with Crippen molar-refractivity contribution in [1.29, 1.82) is 0 Å². The Bertz CT molecular complexity index is 494. The Morgan fingerprint density at radius 1 is 1.24 bits per heavy atom. The van der Waals surface area contributed by atoms with E-state index in [0.29, 0.717) is 6.04 Å². The Balaban J connectivity index is 1.96. The van der Waals surface area contributed by atoms with Crippen molar-refractivity contribution in [3.05, 3.63) is 24.0 Å². The first kappa shape index (κ1) is 15.8. The lowest BCUT2D eigenvalue weighted by Crippen LogP contribution is -2.28. The third-order valence-electron chi connectivity index (χ3n) is 4.36. The summed E-state index contributed by atoms with van der Waals surface area (Å²) < 4.78 is 13.6. The molecule has 1 aliphatic rings. The van der Waals surface area contributed by atoms with Gasteiger partial charge >= 0.3 is 0 Å². The van der Waals surface area contributed by atoms with Gasteiger partial charge in [-0.05, 0) is 55.7 Å². The molecule has 1 amide bonds. The zero-order valence-corrected chi connectivity index (χ0v) is 13.1. The number of carbonyl (C=O) groups excluding carboxylic acids is 1. The SMILES string of the molecule is CC(=O)Nc1cc(NC2CCC(C(C)C)CC2)ccc1F. The van der Waals surface area contributed by atoms with Gasteiger partial charge in [0.25, 0.3) is 0 Å². The second-order valence-electron chi connectivity index (χ2n) is 6.38. The van der Waals surface area contributed by atoms with Crippen LogP contribution in [0.25, 0.3) is 0 Å². The van der Waals surface area contributed by atoms with Gasteiger partial charge in [-0.15, -0.1) is 0 Å². The first-order valence-electron chi connectivity index (χ1n) is 7.79. The monoisotopic (exact) mass is 292 g/mol. The van der Waals surface area contributed by atoms with Crippen LogP contribution in [0.5, 0.6) is 0 Å². The molecule has 0 aliphatic heterocycles. The van der Waals surface area contributed by atoms with E-state index in [1.165, 1.54) is 25.8 Å². The molecule has 2 rings (SSSR count). The molecule has 0 aromatic heterocycles. The third-order valence-corrected chi connectivity index (χ3v) is 4.36. The standard InChI is InChI=1S/C17H25FN2O/c1-11(2)13-4-6-14(7-5-13)20-15-8-9-16(18)17(10-15)19-12(3)21/h8-11,13-14,20H,4-7H2,1-3H3,(H,19,21). The van der Waals surface area contributed by atoms with E-state index in [0.717, 1.165) is 30.4 Å². The van der Waals surface area contributed by atoms with Crippen LogP contribution in [-0.4, -0.2) is 11.9 Å². The maximum absolute atomic E-state index is 13.6. The summed E-state index contributed by atoms with van der Waals surface area (Å²) in [6.07, 6.45) is 4.79. The van der Waals surface area contributed by atoms with E-state index in [4.69, 9.17) is 0 Å². The highest BCUT2D eigenvalue weighted by molar-refractivity contribution is 5.89. The fraction of sp³-hybridized carbons (Fsp3) is 0.588. The fourth-order valence-corrected chi connectivity index (χ4v) is 3.07. The number of carbonyl (C=O) groups is 1. The molecular weight excluding hydrogens is 267 g/mol. The second kappa shape index (κ2) is 6.92. The third kappa shape index (κ3) is 4.45. The molecule has 116 valence electrons. The van der Waals surface area contributed by atoms with E-state index in [1.807, 2.05) is 0 Å². The smallest absolute Gasteiger partial charge is 0.221 e. The molecule has 2 N–H and O–H groups in total. The van der Waals surface area contributed by atoms with Crippen molar-refractivity contribution < 1.29 is 9.18 Å². The molecule has 0 bridgehead atoms. The van der Waals surface area contributed by atoms with Gasteiger partial charge in [-0.1, -0.05) is 13.8 Å². The van der Waals surface area contributed by atoms with Crippen LogP contribution in [0.2, 0.25) is 0 Å². The number of hydrogen-bond donors (Lipinski definition) is 2. The number of benzene rings is 1. The van der Waals surface area contributed by atoms with E-state index in [2.05, 4.69) is 24.5 Å². The predicted octanol–water partition coefficient (Wildman–Crippen LogP) is 4.41. The summed E-state index contributed by atoms with van der Waals surface area (Å²) in [6, 6.07) is 5.24. The Morgan fingerprint density at radius 3 is 2.48 bits per heavy atom. The van der Waals surface area contributed by atoms with E-state index in [1.54, 1.807) is 12.1 Å². The van der Waals surface area contributed by atoms with Crippen molar-refractivity contribution in [3.8, 4) is 0 Å². The van der Waals surface area contributed by atoms with Gasteiger partial charge < -0.3 is 10.6 Å². The topological polar surface area (TPSA) is 41.1 Å². The highest BCUT2D eigenvalue weighted by Gasteiger charge is 2.23. The van der Waals surface area contributed by atoms with Gasteiger partial charge in [0.05, 0.1) is 5.69 Å². The summed E-state index contributed by atoms with van der Waals surface area (Å²) in [5.41, 5.74) is 1.11. The van der Waals surface area contributed by atoms with Gasteiger partial charge in [0.15, 0.2) is 0 Å². The van der Waals surface area contributed by atoms with Crippen LogP contribution in [0.3, 0.4) is 0 Å². The van der Waals surface area contributed by atoms with Crippen LogP contribution >= 0.6 is 0 Å². The van der Waals surface area contributed by atoms with E-state index in [9.17, 15) is 9.18 Å². The minimum atomic E-state index is -0.403. The van der Waals surface area contributed by atoms with Crippen LogP contribution in [-0.2, 0) is 4.79 Å². The average molecular weight is 292 g/mol. The number of halogens is 1. The maximum atomic E-state index is 13.6. The van der Waals surface area contributed by atoms with Gasteiger partial charge in [0.1, 0.15) is 5.82 Å². The van der Waals surface area contributed by atoms with Crippen molar-refractivity contribution >= 4 is 17.3 Å². The van der Waals surface area contributed by atoms with Gasteiger partial charge in [0.2, 0.25) is 5.91 Å². The van der Waals surface area contributed by atoms with Crippen molar-refractivity contribution in [1.82, 2.24) is 0 Å². The number of hydrogen-bond acceptors (Lipinski definition) is 2. The zero-order chi connectivity index (χ0) is 15.4. The van der Waals surface area contributed by atoms with Gasteiger partial charge in [-0.3, -0.25) is 4.79 Å². The lowest BCUT2D eigenvalue weighted by molar-refractivity contribution is -0.114. The number of rotatable bonds is 4. The molecule has 4 heteroatoms. The zero-order valence-electron chi connectivity index (χ0n) is 13.1. The van der Waals surface area contributed by atoms with Crippen molar-refractivity contribution in [2.75, 3.05) is 10.6 Å². The molecule has 1 saturated carbocycles. The molecule has 1 fully saturated rings. The molecule has 0 spiro atoms. The molecule has 21 heavy (non-hydrogen) atoms. The molecule has 3 nitrogen and oxygen atoms in total. The van der Waals surface area contributed by atoms with Gasteiger partial charge in [0, 0.05) is 18.7 Å². The molecule has 1 aliphatic carbocycles. The Labute approximate surface area is 126 Å². The minimum Gasteiger partial charge on any atom is -0.382 e. The molecule has 0 unspecified atom stereocenters. The van der Waals surface area contributed by atoms with Crippen LogP contribution < -0.4 is 10.6 Å². The molecule has 0 heterocycles. The molecule has 1 aromatic rings. The molecule has 0 saturated heterocycles. The maximum Gasteiger partial charge on any atom is 0.221 e. The summed E-state index contributed by atoms with van der Waals surface area (Å²) in [7, 11) is 0. The number of amides is 1. The molecular formula is C17H25FN2O. The quantitative estimate of drug-likeness (QED) is 0.863. The van der Waals surface area contributed by atoms with Crippen LogP contribution in [0.15, 0.2) is 18.2 Å². The highest BCUT2D eigenvalue weighted by Crippen LogP contribution is 2.31. The summed E-state index contributed by atoms with van der Waals surface area (Å²) >= 11 is 0. The van der Waals surface area contributed by atoms with Crippen molar-refractivity contribution in [2.24, 2.45) is 11.8 Å². The Morgan fingerprint density at radius 2 is 1.90 bits per heavy atom. The normalized spacial score (nSPS) is 22.1. The van der Waals surface area contributed by atoms with E-state index < -0.39 is 5.82 Å². The van der Waals surface area contributed by atoms with E-state index >= 15 is 0 Å². The first-order valence-corrected chi connectivity index (χ1v) is 7.79. The van der Waals surface area contributed by atoms with Crippen LogP contribution in [0.4, 0.5) is 15.8 Å². The van der Waals surface area contributed by atoms with Crippen LogP contribution in [0, 0.1) is 17.7 Å². The molecule has 0 radical (unpaired) electrons. The Kier molecular flexibility index (Phi) is 5.21. The fourth-order valence-electron chi connectivity index (χ4n) is 3.07. The molecule has 1 aromatic carbocycles. The summed E-state index contributed by atoms with van der Waals surface area (Å²) in [5, 5.41) is 5.98. The summed E-state index contributed by atoms with van der Waals surface area (Å²) in [4.78, 5) is 11.1. The van der Waals surface area contributed by atoms with Gasteiger partial charge in [-0.2, -0.15) is 0 Å². The largest absolute Gasteiger partial charge is 0.382 e. The second-order valence-corrected chi connectivity index (χ2v) is 6.38. The van der Waals surface area contributed by atoms with Gasteiger partial charge in [-0.25, -0.2) is 4.39 Å². The predicted molar refractivity (Wildman–Crippen MR) is 84.9 cm³/mol. The van der Waals surface area contributed by atoms with Crippen molar-refractivity contribution in [2.45, 2.75) is 52.5 Å². The molecule has 0 atom stereocenters. The van der Waals surface area contributed by atoms with Crippen molar-refractivity contribution in [3.63, 3.8) is 0 Å². The highest BCUT2D eigenvalue weighted by atomic mass is 19.1. The summed E-state index contributed by atoms with van der Waals surface area (Å²) in [6.45, 7) is 5.96. The van der Waals surface area contributed by atoms with Crippen LogP contribution in [0.1, 0.15) is 46.5 Å². The Hall–Kier alpha value is -1.58. The lowest BCUT2D eigenvalue weighted by atomic mass is 9.79. The number of nitrogens with one attached hydrogen (secondary N) is 2. The van der Waals surface area contributed by atoms with E-state index in [-0.39, 0.29) is 11.6 Å². The average Bonchev–Trinajstić information content (AvgIpc) is 2.42. The number of anilines is 2. The summed E-state index contributed by atoms with van der Waals surface area (Å²) in [5.74, 6) is 0.914.